The van der Waals surface area contributed by atoms with Crippen LogP contribution in [-0.2, 0) is 14.8 Å². The number of sulfonamides is 1. The van der Waals surface area contributed by atoms with E-state index in [0.717, 1.165) is 0 Å². The number of nitrogens with zero attached hydrogens (tertiary/aromatic N) is 1. The van der Waals surface area contributed by atoms with Crippen molar-refractivity contribution >= 4 is 31.9 Å². The molecule has 0 amide bonds. The van der Waals surface area contributed by atoms with Crippen LogP contribution in [0, 0.1) is 17.2 Å². The number of benzene rings is 1. The molecule has 1 aliphatic carbocycles. The van der Waals surface area contributed by atoms with E-state index in [1.54, 1.807) is 0 Å². The fourth-order valence-electron chi connectivity index (χ4n) is 2.53. The molecular weight excluding hydrogens is 372 g/mol. The summed E-state index contributed by atoms with van der Waals surface area (Å²) in [5.41, 5.74) is 0.254. The highest BCUT2D eigenvalue weighted by Gasteiger charge is 2.29. The van der Waals surface area contributed by atoms with Crippen molar-refractivity contribution in [3.63, 3.8) is 0 Å². The van der Waals surface area contributed by atoms with Gasteiger partial charge >= 0.3 is 5.97 Å². The zero-order chi connectivity index (χ0) is 16.3. The lowest BCUT2D eigenvalue weighted by Crippen LogP contribution is -2.38. The lowest BCUT2D eigenvalue weighted by Gasteiger charge is -2.26. The fraction of sp³-hybridized carbons (Fsp3) is 0.429. The Morgan fingerprint density at radius 3 is 2.45 bits per heavy atom. The van der Waals surface area contributed by atoms with Gasteiger partial charge in [-0.1, -0.05) is 15.9 Å². The number of carboxylic acids is 1. The van der Waals surface area contributed by atoms with Crippen LogP contribution in [-0.4, -0.2) is 25.5 Å². The van der Waals surface area contributed by atoms with E-state index in [1.165, 1.54) is 18.2 Å². The third-order valence-electron chi connectivity index (χ3n) is 3.71. The van der Waals surface area contributed by atoms with Crippen molar-refractivity contribution in [2.24, 2.45) is 5.92 Å². The van der Waals surface area contributed by atoms with Crippen LogP contribution >= 0.6 is 15.9 Å². The highest BCUT2D eigenvalue weighted by atomic mass is 79.9. The summed E-state index contributed by atoms with van der Waals surface area (Å²) in [5.74, 6) is -1.22. The van der Waals surface area contributed by atoms with Crippen LogP contribution in [0.5, 0.6) is 0 Å². The average Bonchev–Trinajstić information content (AvgIpc) is 2.46. The minimum Gasteiger partial charge on any atom is -0.481 e. The molecule has 8 heteroatoms. The van der Waals surface area contributed by atoms with Gasteiger partial charge in [0.1, 0.15) is 0 Å². The second kappa shape index (κ2) is 6.77. The Bertz CT molecular complexity index is 719. The van der Waals surface area contributed by atoms with Gasteiger partial charge in [-0.15, -0.1) is 0 Å². The molecule has 1 aliphatic rings. The van der Waals surface area contributed by atoms with Crippen molar-refractivity contribution in [1.29, 1.82) is 5.26 Å². The molecule has 1 aromatic carbocycles. The number of rotatable bonds is 4. The molecule has 0 saturated heterocycles. The second-order valence-corrected chi connectivity index (χ2v) is 7.93. The van der Waals surface area contributed by atoms with Crippen molar-refractivity contribution in [3.05, 3.63) is 28.2 Å². The molecule has 1 fully saturated rings. The van der Waals surface area contributed by atoms with Crippen LogP contribution in [0.3, 0.4) is 0 Å². The van der Waals surface area contributed by atoms with Crippen LogP contribution in [0.1, 0.15) is 31.2 Å². The molecular formula is C14H15BrN2O4S. The molecule has 6 nitrogen and oxygen atoms in total. The smallest absolute Gasteiger partial charge is 0.306 e. The molecule has 0 bridgehead atoms. The predicted octanol–water partition coefficient (Wildman–Crippen LogP) is 2.24. The zero-order valence-corrected chi connectivity index (χ0v) is 14.0. The number of carbonyl (C=O) groups is 1. The Hall–Kier alpha value is -1.43. The summed E-state index contributed by atoms with van der Waals surface area (Å²) in [6.45, 7) is 0. The molecule has 0 aromatic heterocycles. The Balaban J connectivity index is 2.11. The van der Waals surface area contributed by atoms with E-state index < -0.39 is 21.9 Å². The van der Waals surface area contributed by atoms with E-state index >= 15 is 0 Å². The minimum absolute atomic E-state index is 0.0267. The Labute approximate surface area is 137 Å². The Morgan fingerprint density at radius 1 is 1.27 bits per heavy atom. The first-order valence-corrected chi connectivity index (χ1v) is 9.05. The number of hydrogen-bond acceptors (Lipinski definition) is 4. The third kappa shape index (κ3) is 4.06. The Morgan fingerprint density at radius 2 is 1.91 bits per heavy atom. The highest BCUT2D eigenvalue weighted by Crippen LogP contribution is 2.26. The van der Waals surface area contributed by atoms with E-state index in [9.17, 15) is 13.2 Å². The van der Waals surface area contributed by atoms with E-state index in [0.29, 0.717) is 30.2 Å². The second-order valence-electron chi connectivity index (χ2n) is 5.30. The number of halogens is 1. The maximum atomic E-state index is 12.4. The number of nitrogens with one attached hydrogen (secondary N) is 1. The largest absolute Gasteiger partial charge is 0.481 e. The summed E-state index contributed by atoms with van der Waals surface area (Å²) in [7, 11) is -3.73. The van der Waals surface area contributed by atoms with Crippen molar-refractivity contribution in [2.45, 2.75) is 36.6 Å². The molecule has 22 heavy (non-hydrogen) atoms. The molecule has 0 unspecified atom stereocenters. The van der Waals surface area contributed by atoms with Gasteiger partial charge in [-0.3, -0.25) is 4.79 Å². The van der Waals surface area contributed by atoms with Gasteiger partial charge in [-0.25, -0.2) is 13.1 Å². The van der Waals surface area contributed by atoms with Gasteiger partial charge in [0.25, 0.3) is 0 Å². The predicted molar refractivity (Wildman–Crippen MR) is 82.6 cm³/mol. The van der Waals surface area contributed by atoms with E-state index in [2.05, 4.69) is 20.7 Å². The van der Waals surface area contributed by atoms with Crippen LogP contribution in [0.15, 0.2) is 27.6 Å². The van der Waals surface area contributed by atoms with Gasteiger partial charge in [0, 0.05) is 10.5 Å². The van der Waals surface area contributed by atoms with Crippen molar-refractivity contribution in [3.8, 4) is 6.07 Å². The minimum atomic E-state index is -3.73. The molecule has 0 atom stereocenters. The van der Waals surface area contributed by atoms with Crippen LogP contribution < -0.4 is 4.72 Å². The van der Waals surface area contributed by atoms with E-state index in [1.807, 2.05) is 6.07 Å². The number of carboxylic acid groups (broad SMARTS) is 1. The van der Waals surface area contributed by atoms with Crippen molar-refractivity contribution in [2.75, 3.05) is 0 Å². The number of nitriles is 1. The maximum Gasteiger partial charge on any atom is 0.306 e. The zero-order valence-electron chi connectivity index (χ0n) is 11.6. The molecule has 0 aliphatic heterocycles. The topological polar surface area (TPSA) is 107 Å². The SMILES string of the molecule is N#Cc1cc(Br)cc(S(=O)(=O)NC2CCC(C(=O)O)CC2)c1. The summed E-state index contributed by atoms with van der Waals surface area (Å²) < 4.78 is 27.9. The summed E-state index contributed by atoms with van der Waals surface area (Å²) in [5, 5.41) is 17.9. The standard InChI is InChI=1S/C14H15BrN2O4S/c15-11-5-9(8-16)6-13(7-11)22(20,21)17-12-3-1-10(2-4-12)14(18)19/h5-7,10,12,17H,1-4H2,(H,18,19). The molecule has 0 heterocycles. The molecule has 1 saturated carbocycles. The number of aliphatic carboxylic acids is 1. The summed E-state index contributed by atoms with van der Waals surface area (Å²) in [6, 6.07) is 5.93. The normalized spacial score (nSPS) is 22.0. The lowest BCUT2D eigenvalue weighted by atomic mass is 9.87. The quantitative estimate of drug-likeness (QED) is 0.824. The molecule has 2 rings (SSSR count). The lowest BCUT2D eigenvalue weighted by molar-refractivity contribution is -0.142. The first kappa shape index (κ1) is 16.9. The monoisotopic (exact) mass is 386 g/mol. The highest BCUT2D eigenvalue weighted by molar-refractivity contribution is 9.10. The van der Waals surface area contributed by atoms with E-state index in [4.69, 9.17) is 10.4 Å². The van der Waals surface area contributed by atoms with Gasteiger partial charge in [0.05, 0.1) is 22.4 Å². The first-order valence-electron chi connectivity index (χ1n) is 6.77. The van der Waals surface area contributed by atoms with Crippen LogP contribution in [0.4, 0.5) is 0 Å². The summed E-state index contributed by atoms with van der Waals surface area (Å²) >= 11 is 3.19. The van der Waals surface area contributed by atoms with Crippen LogP contribution in [0.2, 0.25) is 0 Å². The van der Waals surface area contributed by atoms with Gasteiger partial charge in [-0.2, -0.15) is 5.26 Å². The number of hydrogen-bond donors (Lipinski definition) is 2. The molecule has 118 valence electrons. The van der Waals surface area contributed by atoms with Crippen molar-refractivity contribution < 1.29 is 18.3 Å². The first-order chi connectivity index (χ1) is 10.3. The van der Waals surface area contributed by atoms with Gasteiger partial charge in [0.15, 0.2) is 0 Å². The van der Waals surface area contributed by atoms with Crippen molar-refractivity contribution in [1.82, 2.24) is 4.72 Å². The molecule has 0 radical (unpaired) electrons. The van der Waals surface area contributed by atoms with E-state index in [-0.39, 0.29) is 16.5 Å². The van der Waals surface area contributed by atoms with Crippen LogP contribution in [0.25, 0.3) is 0 Å². The van der Waals surface area contributed by atoms with Gasteiger partial charge in [-0.05, 0) is 43.9 Å². The van der Waals surface area contributed by atoms with Gasteiger partial charge < -0.3 is 5.11 Å². The average molecular weight is 387 g/mol. The summed E-state index contributed by atoms with van der Waals surface area (Å²) in [4.78, 5) is 10.9. The van der Waals surface area contributed by atoms with Gasteiger partial charge in [0.2, 0.25) is 10.0 Å². The molecule has 2 N–H and O–H groups in total. The molecule has 1 aromatic rings. The fourth-order valence-corrected chi connectivity index (χ4v) is 4.55. The third-order valence-corrected chi connectivity index (χ3v) is 5.67. The maximum absolute atomic E-state index is 12.4. The molecule has 0 spiro atoms. The summed E-state index contributed by atoms with van der Waals surface area (Å²) in [6.07, 6.45) is 1.92. The Kier molecular flexibility index (Phi) is 5.21.